The zero-order valence-corrected chi connectivity index (χ0v) is 8.37. The number of hydrogen-bond acceptors (Lipinski definition) is 2. The average Bonchev–Trinajstić information content (AvgIpc) is 2.55. The Balaban J connectivity index is 2.47. The van der Waals surface area contributed by atoms with Crippen molar-refractivity contribution in [3.63, 3.8) is 0 Å². The standard InChI is InChI=1S/C8H10BrNO2/c1-10(8(11)5-9)6-7-3-2-4-12-7/h2-4H,5-6H2,1H3. The lowest BCUT2D eigenvalue weighted by Gasteiger charge is -2.13. The summed E-state index contributed by atoms with van der Waals surface area (Å²) in [6.45, 7) is 0.525. The van der Waals surface area contributed by atoms with Crippen LogP contribution in [0.4, 0.5) is 0 Å². The van der Waals surface area contributed by atoms with E-state index in [1.54, 1.807) is 18.2 Å². The highest BCUT2D eigenvalue weighted by molar-refractivity contribution is 9.09. The first-order valence-corrected chi connectivity index (χ1v) is 4.68. The summed E-state index contributed by atoms with van der Waals surface area (Å²) in [5.41, 5.74) is 0. The van der Waals surface area contributed by atoms with Crippen molar-refractivity contribution in [3.05, 3.63) is 24.2 Å². The Hall–Kier alpha value is -0.770. The van der Waals surface area contributed by atoms with Gasteiger partial charge in [-0.25, -0.2) is 0 Å². The van der Waals surface area contributed by atoms with Crippen LogP contribution in [-0.4, -0.2) is 23.2 Å². The van der Waals surface area contributed by atoms with Gasteiger partial charge in [0.05, 0.1) is 18.1 Å². The summed E-state index contributed by atoms with van der Waals surface area (Å²) in [7, 11) is 1.74. The molecule has 1 heterocycles. The van der Waals surface area contributed by atoms with E-state index in [0.717, 1.165) is 5.76 Å². The number of carbonyl (C=O) groups excluding carboxylic acids is 1. The van der Waals surface area contributed by atoms with Gasteiger partial charge in [0.2, 0.25) is 5.91 Å². The van der Waals surface area contributed by atoms with E-state index in [4.69, 9.17) is 4.42 Å². The van der Waals surface area contributed by atoms with Crippen LogP contribution in [0.2, 0.25) is 0 Å². The highest BCUT2D eigenvalue weighted by atomic mass is 79.9. The molecule has 0 fully saturated rings. The van der Waals surface area contributed by atoms with Crippen molar-refractivity contribution in [2.45, 2.75) is 6.54 Å². The van der Waals surface area contributed by atoms with Gasteiger partial charge < -0.3 is 9.32 Å². The predicted molar refractivity (Wildman–Crippen MR) is 49.0 cm³/mol. The SMILES string of the molecule is CN(Cc1ccco1)C(=O)CBr. The lowest BCUT2D eigenvalue weighted by molar-refractivity contribution is -0.127. The van der Waals surface area contributed by atoms with Crippen LogP contribution in [0.15, 0.2) is 22.8 Å². The smallest absolute Gasteiger partial charge is 0.233 e. The van der Waals surface area contributed by atoms with Crippen LogP contribution in [0.25, 0.3) is 0 Å². The van der Waals surface area contributed by atoms with Gasteiger partial charge in [-0.05, 0) is 12.1 Å². The summed E-state index contributed by atoms with van der Waals surface area (Å²) in [6.07, 6.45) is 1.60. The van der Waals surface area contributed by atoms with Gasteiger partial charge in [0, 0.05) is 7.05 Å². The van der Waals surface area contributed by atoms with E-state index in [0.29, 0.717) is 11.9 Å². The van der Waals surface area contributed by atoms with Gasteiger partial charge in [-0.2, -0.15) is 0 Å². The first-order valence-electron chi connectivity index (χ1n) is 3.56. The molecule has 0 aliphatic rings. The molecule has 1 amide bonds. The van der Waals surface area contributed by atoms with E-state index in [9.17, 15) is 4.79 Å². The molecular formula is C8H10BrNO2. The maximum Gasteiger partial charge on any atom is 0.233 e. The molecule has 0 spiro atoms. The Bertz CT molecular complexity index is 246. The molecule has 0 radical (unpaired) electrons. The number of nitrogens with zero attached hydrogens (tertiary/aromatic N) is 1. The molecule has 4 heteroatoms. The maximum atomic E-state index is 11.1. The maximum absolute atomic E-state index is 11.1. The minimum absolute atomic E-state index is 0.0476. The summed E-state index contributed by atoms with van der Waals surface area (Å²) < 4.78 is 5.09. The quantitative estimate of drug-likeness (QED) is 0.742. The zero-order chi connectivity index (χ0) is 8.97. The molecule has 1 rings (SSSR count). The van der Waals surface area contributed by atoms with E-state index < -0.39 is 0 Å². The fourth-order valence-corrected chi connectivity index (χ4v) is 1.25. The van der Waals surface area contributed by atoms with Crippen molar-refractivity contribution in [1.82, 2.24) is 4.90 Å². The average molecular weight is 232 g/mol. The van der Waals surface area contributed by atoms with Gasteiger partial charge in [-0.15, -0.1) is 0 Å². The lowest BCUT2D eigenvalue weighted by atomic mass is 10.4. The van der Waals surface area contributed by atoms with Crippen molar-refractivity contribution in [3.8, 4) is 0 Å². The highest BCUT2D eigenvalue weighted by Crippen LogP contribution is 2.04. The molecule has 0 bridgehead atoms. The second kappa shape index (κ2) is 4.30. The molecule has 0 N–H and O–H groups in total. The highest BCUT2D eigenvalue weighted by Gasteiger charge is 2.07. The van der Waals surface area contributed by atoms with Crippen molar-refractivity contribution in [2.75, 3.05) is 12.4 Å². The molecule has 0 saturated carbocycles. The number of halogens is 1. The summed E-state index contributed by atoms with van der Waals surface area (Å²) >= 11 is 3.10. The van der Waals surface area contributed by atoms with Crippen molar-refractivity contribution < 1.29 is 9.21 Å². The van der Waals surface area contributed by atoms with Gasteiger partial charge in [0.1, 0.15) is 5.76 Å². The molecule has 12 heavy (non-hydrogen) atoms. The van der Waals surface area contributed by atoms with Crippen LogP contribution in [0.1, 0.15) is 5.76 Å². The molecule has 3 nitrogen and oxygen atoms in total. The topological polar surface area (TPSA) is 33.5 Å². The first kappa shape index (κ1) is 9.32. The third-order valence-corrected chi connectivity index (χ3v) is 1.99. The van der Waals surface area contributed by atoms with Crippen LogP contribution >= 0.6 is 15.9 Å². The van der Waals surface area contributed by atoms with E-state index in [2.05, 4.69) is 15.9 Å². The van der Waals surface area contributed by atoms with E-state index in [-0.39, 0.29) is 5.91 Å². The van der Waals surface area contributed by atoms with E-state index in [1.165, 1.54) is 0 Å². The van der Waals surface area contributed by atoms with Gasteiger partial charge in [0.25, 0.3) is 0 Å². The third kappa shape index (κ3) is 2.37. The number of hydrogen-bond donors (Lipinski definition) is 0. The monoisotopic (exact) mass is 231 g/mol. The van der Waals surface area contributed by atoms with Crippen LogP contribution in [-0.2, 0) is 11.3 Å². The number of carbonyl (C=O) groups is 1. The van der Waals surface area contributed by atoms with Gasteiger partial charge in [-0.1, -0.05) is 15.9 Å². The van der Waals surface area contributed by atoms with E-state index in [1.807, 2.05) is 12.1 Å². The molecule has 66 valence electrons. The zero-order valence-electron chi connectivity index (χ0n) is 6.79. The second-order valence-electron chi connectivity index (χ2n) is 2.46. The number of rotatable bonds is 3. The van der Waals surface area contributed by atoms with Gasteiger partial charge in [-0.3, -0.25) is 4.79 Å². The minimum Gasteiger partial charge on any atom is -0.467 e. The van der Waals surface area contributed by atoms with Crippen LogP contribution in [0, 0.1) is 0 Å². The Labute approximate surface area is 79.5 Å². The van der Waals surface area contributed by atoms with Crippen molar-refractivity contribution >= 4 is 21.8 Å². The van der Waals surface area contributed by atoms with Crippen molar-refractivity contribution in [2.24, 2.45) is 0 Å². The molecule has 0 aromatic carbocycles. The third-order valence-electron chi connectivity index (χ3n) is 1.51. The molecule has 0 atom stereocenters. The van der Waals surface area contributed by atoms with Crippen LogP contribution < -0.4 is 0 Å². The summed E-state index contributed by atoms with van der Waals surface area (Å²) in [5.74, 6) is 0.846. The fraction of sp³-hybridized carbons (Fsp3) is 0.375. The normalized spacial score (nSPS) is 9.83. The molecule has 1 aromatic rings. The van der Waals surface area contributed by atoms with Crippen molar-refractivity contribution in [1.29, 1.82) is 0 Å². The predicted octanol–water partition coefficient (Wildman–Crippen LogP) is 1.63. The van der Waals surface area contributed by atoms with E-state index >= 15 is 0 Å². The number of amides is 1. The van der Waals surface area contributed by atoms with Gasteiger partial charge >= 0.3 is 0 Å². The molecule has 0 saturated heterocycles. The molecule has 1 aromatic heterocycles. The summed E-state index contributed by atoms with van der Waals surface area (Å²) in [5, 5.41) is 0.351. The Morgan fingerprint density at radius 2 is 2.50 bits per heavy atom. The fourth-order valence-electron chi connectivity index (χ4n) is 0.826. The number of alkyl halides is 1. The number of furan rings is 1. The minimum atomic E-state index is 0.0476. The van der Waals surface area contributed by atoms with Gasteiger partial charge in [0.15, 0.2) is 0 Å². The largest absolute Gasteiger partial charge is 0.467 e. The molecular weight excluding hydrogens is 222 g/mol. The Morgan fingerprint density at radius 1 is 1.75 bits per heavy atom. The molecule has 0 aliphatic heterocycles. The van der Waals surface area contributed by atoms with Crippen LogP contribution in [0.3, 0.4) is 0 Å². The first-order chi connectivity index (χ1) is 5.74. The summed E-state index contributed by atoms with van der Waals surface area (Å²) in [6, 6.07) is 3.65. The molecule has 0 aliphatic carbocycles. The lowest BCUT2D eigenvalue weighted by Crippen LogP contribution is -2.26. The Morgan fingerprint density at radius 3 is 3.00 bits per heavy atom. The molecule has 0 unspecified atom stereocenters. The Kier molecular flexibility index (Phi) is 3.34. The second-order valence-corrected chi connectivity index (χ2v) is 3.02. The van der Waals surface area contributed by atoms with Crippen LogP contribution in [0.5, 0.6) is 0 Å². The summed E-state index contributed by atoms with van der Waals surface area (Å²) in [4.78, 5) is 12.7.